The quantitative estimate of drug-likeness (QED) is 0.627. The van der Waals surface area contributed by atoms with Gasteiger partial charge >= 0.3 is 6.18 Å². The molecule has 0 saturated carbocycles. The number of nitro groups is 1. The SMILES string of the molecule is C[C@H](Nc1cccc([N+](=O)[O-])c1)C(=O)Nc1cccc(C(F)(F)F)c1. The molecule has 0 saturated heterocycles. The highest BCUT2D eigenvalue weighted by atomic mass is 19.4. The first-order chi connectivity index (χ1) is 11.7. The summed E-state index contributed by atoms with van der Waals surface area (Å²) in [7, 11) is 0. The Bertz CT molecular complexity index is 793. The number of benzene rings is 2. The molecule has 1 amide bonds. The van der Waals surface area contributed by atoms with Gasteiger partial charge in [-0.1, -0.05) is 12.1 Å². The summed E-state index contributed by atoms with van der Waals surface area (Å²) in [6.45, 7) is 1.49. The first kappa shape index (κ1) is 18.2. The van der Waals surface area contributed by atoms with Gasteiger partial charge in [0.1, 0.15) is 6.04 Å². The summed E-state index contributed by atoms with van der Waals surface area (Å²) in [6, 6.07) is 9.01. The van der Waals surface area contributed by atoms with Gasteiger partial charge in [-0.3, -0.25) is 14.9 Å². The molecule has 0 aliphatic rings. The summed E-state index contributed by atoms with van der Waals surface area (Å²) in [5, 5.41) is 15.9. The van der Waals surface area contributed by atoms with Crippen molar-refractivity contribution in [2.24, 2.45) is 0 Å². The van der Waals surface area contributed by atoms with Gasteiger partial charge in [0.25, 0.3) is 5.69 Å². The van der Waals surface area contributed by atoms with Crippen LogP contribution >= 0.6 is 0 Å². The third kappa shape index (κ3) is 4.93. The lowest BCUT2D eigenvalue weighted by Crippen LogP contribution is -2.31. The first-order valence-corrected chi connectivity index (χ1v) is 7.16. The fraction of sp³-hybridized carbons (Fsp3) is 0.188. The minimum absolute atomic E-state index is 0.00696. The van der Waals surface area contributed by atoms with Gasteiger partial charge in [-0.05, 0) is 31.2 Å². The fourth-order valence-corrected chi connectivity index (χ4v) is 2.05. The minimum Gasteiger partial charge on any atom is -0.374 e. The van der Waals surface area contributed by atoms with Crippen LogP contribution in [0, 0.1) is 10.1 Å². The predicted molar refractivity (Wildman–Crippen MR) is 86.3 cm³/mol. The zero-order valence-corrected chi connectivity index (χ0v) is 13.0. The van der Waals surface area contributed by atoms with Gasteiger partial charge in [0.05, 0.1) is 10.5 Å². The molecule has 0 fully saturated rings. The largest absolute Gasteiger partial charge is 0.416 e. The Morgan fingerprint density at radius 3 is 2.40 bits per heavy atom. The van der Waals surface area contributed by atoms with Crippen molar-refractivity contribution < 1.29 is 22.9 Å². The molecule has 0 aliphatic carbocycles. The fourth-order valence-electron chi connectivity index (χ4n) is 2.05. The Balaban J connectivity index is 2.06. The van der Waals surface area contributed by atoms with Gasteiger partial charge in [0.2, 0.25) is 5.91 Å². The number of rotatable bonds is 5. The van der Waals surface area contributed by atoms with Gasteiger partial charge in [0, 0.05) is 23.5 Å². The molecule has 0 bridgehead atoms. The van der Waals surface area contributed by atoms with Crippen LogP contribution < -0.4 is 10.6 Å². The molecule has 6 nitrogen and oxygen atoms in total. The van der Waals surface area contributed by atoms with Gasteiger partial charge in [-0.2, -0.15) is 13.2 Å². The van der Waals surface area contributed by atoms with Gasteiger partial charge < -0.3 is 10.6 Å². The standard InChI is InChI=1S/C16H14F3N3O3/c1-10(20-13-6-3-7-14(9-13)22(24)25)15(23)21-12-5-2-4-11(8-12)16(17,18)19/h2-10,20H,1H3,(H,21,23)/t10-/m0/s1. The molecule has 0 aromatic heterocycles. The number of amides is 1. The lowest BCUT2D eigenvalue weighted by molar-refractivity contribution is -0.384. The highest BCUT2D eigenvalue weighted by Gasteiger charge is 2.30. The Hall–Kier alpha value is -3.10. The Morgan fingerprint density at radius 1 is 1.12 bits per heavy atom. The van der Waals surface area contributed by atoms with Crippen molar-refractivity contribution in [3.05, 3.63) is 64.2 Å². The molecular formula is C16H14F3N3O3. The van der Waals surface area contributed by atoms with Crippen LogP contribution in [0.3, 0.4) is 0 Å². The number of nitrogens with zero attached hydrogens (tertiary/aromatic N) is 1. The van der Waals surface area contributed by atoms with Gasteiger partial charge in [0.15, 0.2) is 0 Å². The molecule has 0 radical (unpaired) electrons. The smallest absolute Gasteiger partial charge is 0.374 e. The van der Waals surface area contributed by atoms with Crippen molar-refractivity contribution in [3.8, 4) is 0 Å². The summed E-state index contributed by atoms with van der Waals surface area (Å²) in [5.74, 6) is -0.578. The van der Waals surface area contributed by atoms with E-state index in [1.807, 2.05) is 0 Å². The van der Waals surface area contributed by atoms with Crippen molar-refractivity contribution in [2.75, 3.05) is 10.6 Å². The second-order valence-electron chi connectivity index (χ2n) is 5.24. The lowest BCUT2D eigenvalue weighted by atomic mass is 10.2. The van der Waals surface area contributed by atoms with E-state index in [-0.39, 0.29) is 11.4 Å². The van der Waals surface area contributed by atoms with E-state index in [2.05, 4.69) is 10.6 Å². The number of non-ortho nitro benzene ring substituents is 1. The Labute approximate surface area is 140 Å². The third-order valence-corrected chi connectivity index (χ3v) is 3.29. The van der Waals surface area contributed by atoms with Crippen molar-refractivity contribution in [3.63, 3.8) is 0 Å². The number of halogens is 3. The number of hydrogen-bond donors (Lipinski definition) is 2. The Morgan fingerprint density at radius 2 is 1.76 bits per heavy atom. The average Bonchev–Trinajstić information content (AvgIpc) is 2.54. The topological polar surface area (TPSA) is 84.3 Å². The first-order valence-electron chi connectivity index (χ1n) is 7.16. The molecule has 9 heteroatoms. The maximum atomic E-state index is 12.7. The third-order valence-electron chi connectivity index (χ3n) is 3.29. The van der Waals surface area contributed by atoms with Crippen LogP contribution in [-0.2, 0) is 11.0 Å². The molecule has 25 heavy (non-hydrogen) atoms. The molecule has 132 valence electrons. The van der Waals surface area contributed by atoms with E-state index >= 15 is 0 Å². The Kier molecular flexibility index (Phi) is 5.26. The zero-order chi connectivity index (χ0) is 18.6. The number of carbonyl (C=O) groups is 1. The molecule has 1 atom stereocenters. The van der Waals surface area contributed by atoms with E-state index in [1.54, 1.807) is 6.07 Å². The van der Waals surface area contributed by atoms with Crippen molar-refractivity contribution in [1.82, 2.24) is 0 Å². The highest BCUT2D eigenvalue weighted by molar-refractivity contribution is 5.96. The number of alkyl halides is 3. The normalized spacial score (nSPS) is 12.3. The van der Waals surface area contributed by atoms with E-state index in [4.69, 9.17) is 0 Å². The number of hydrogen-bond acceptors (Lipinski definition) is 4. The van der Waals surface area contributed by atoms with Crippen molar-refractivity contribution in [1.29, 1.82) is 0 Å². The second kappa shape index (κ2) is 7.20. The average molecular weight is 353 g/mol. The summed E-state index contributed by atoms with van der Waals surface area (Å²) in [6.07, 6.45) is -4.51. The van der Waals surface area contributed by atoms with Crippen LogP contribution in [-0.4, -0.2) is 16.9 Å². The molecule has 2 rings (SSSR count). The highest BCUT2D eigenvalue weighted by Crippen LogP contribution is 2.30. The number of carbonyl (C=O) groups excluding carboxylic acids is 1. The molecule has 2 N–H and O–H groups in total. The molecule has 0 aliphatic heterocycles. The van der Waals surface area contributed by atoms with Crippen molar-refractivity contribution in [2.45, 2.75) is 19.1 Å². The molecule has 0 heterocycles. The van der Waals surface area contributed by atoms with Crippen LogP contribution in [0.15, 0.2) is 48.5 Å². The summed E-state index contributed by atoms with van der Waals surface area (Å²) in [5.41, 5.74) is -0.659. The van der Waals surface area contributed by atoms with Crippen LogP contribution in [0.25, 0.3) is 0 Å². The molecule has 0 unspecified atom stereocenters. The van der Waals surface area contributed by atoms with E-state index in [0.717, 1.165) is 12.1 Å². The predicted octanol–water partition coefficient (Wildman–Crippen LogP) is 4.05. The summed E-state index contributed by atoms with van der Waals surface area (Å²) >= 11 is 0. The zero-order valence-electron chi connectivity index (χ0n) is 13.0. The van der Waals surface area contributed by atoms with Gasteiger partial charge in [-0.25, -0.2) is 0 Å². The second-order valence-corrected chi connectivity index (χ2v) is 5.24. The molecular weight excluding hydrogens is 339 g/mol. The molecule has 0 spiro atoms. The number of nitro benzene ring substituents is 1. The van der Waals surface area contributed by atoms with Crippen LogP contribution in [0.4, 0.5) is 30.2 Å². The lowest BCUT2D eigenvalue weighted by Gasteiger charge is -2.16. The number of anilines is 2. The van der Waals surface area contributed by atoms with Crippen LogP contribution in [0.2, 0.25) is 0 Å². The van der Waals surface area contributed by atoms with E-state index in [0.29, 0.717) is 5.69 Å². The van der Waals surface area contributed by atoms with Crippen LogP contribution in [0.5, 0.6) is 0 Å². The summed E-state index contributed by atoms with van der Waals surface area (Å²) in [4.78, 5) is 22.3. The molecule has 2 aromatic rings. The maximum absolute atomic E-state index is 12.7. The molecule has 2 aromatic carbocycles. The van der Waals surface area contributed by atoms with Crippen molar-refractivity contribution >= 4 is 23.0 Å². The maximum Gasteiger partial charge on any atom is 0.416 e. The van der Waals surface area contributed by atoms with E-state index in [9.17, 15) is 28.1 Å². The minimum atomic E-state index is -4.51. The number of nitrogens with one attached hydrogen (secondary N) is 2. The monoisotopic (exact) mass is 353 g/mol. The summed E-state index contributed by atoms with van der Waals surface area (Å²) < 4.78 is 38.0. The van der Waals surface area contributed by atoms with E-state index < -0.39 is 28.6 Å². The van der Waals surface area contributed by atoms with E-state index in [1.165, 1.54) is 37.3 Å². The van der Waals surface area contributed by atoms with Gasteiger partial charge in [-0.15, -0.1) is 0 Å². The van der Waals surface area contributed by atoms with Crippen LogP contribution in [0.1, 0.15) is 12.5 Å².